The Balaban J connectivity index is 1.38. The van der Waals surface area contributed by atoms with Gasteiger partial charge in [0, 0.05) is 23.9 Å². The van der Waals surface area contributed by atoms with Crippen molar-refractivity contribution in [3.63, 3.8) is 0 Å². The third-order valence-corrected chi connectivity index (χ3v) is 4.86. The molecule has 6 nitrogen and oxygen atoms in total. The number of nitrogens with one attached hydrogen (secondary N) is 1. The van der Waals surface area contributed by atoms with Crippen molar-refractivity contribution in [1.29, 1.82) is 0 Å². The van der Waals surface area contributed by atoms with Crippen molar-refractivity contribution in [2.24, 2.45) is 0 Å². The van der Waals surface area contributed by atoms with Crippen LogP contribution in [0.5, 0.6) is 0 Å². The third-order valence-electron chi connectivity index (χ3n) is 4.86. The molecule has 0 fully saturated rings. The number of hydrogen-bond donors (Lipinski definition) is 1. The van der Waals surface area contributed by atoms with E-state index >= 15 is 0 Å². The molecule has 0 aliphatic carbocycles. The van der Waals surface area contributed by atoms with Gasteiger partial charge in [-0.2, -0.15) is 0 Å². The van der Waals surface area contributed by atoms with E-state index in [4.69, 9.17) is 0 Å². The fourth-order valence-electron chi connectivity index (χ4n) is 3.42. The van der Waals surface area contributed by atoms with Crippen LogP contribution in [-0.4, -0.2) is 30.2 Å². The van der Waals surface area contributed by atoms with Crippen LogP contribution in [0.25, 0.3) is 33.8 Å². The van der Waals surface area contributed by atoms with Crippen molar-refractivity contribution < 1.29 is 0 Å². The number of H-pyrrole nitrogens is 1. The molecule has 0 spiro atoms. The van der Waals surface area contributed by atoms with E-state index in [9.17, 15) is 0 Å². The molecule has 1 N–H and O–H groups in total. The van der Waals surface area contributed by atoms with Crippen molar-refractivity contribution in [3.05, 3.63) is 97.0 Å². The van der Waals surface area contributed by atoms with Crippen molar-refractivity contribution >= 4 is 0 Å². The van der Waals surface area contributed by atoms with E-state index in [2.05, 4.69) is 78.8 Å². The summed E-state index contributed by atoms with van der Waals surface area (Å²) in [5.74, 6) is 0.663. The summed E-state index contributed by atoms with van der Waals surface area (Å²) < 4.78 is 2.10. The highest BCUT2D eigenvalue weighted by Crippen LogP contribution is 2.29. The number of aromatic amines is 1. The summed E-state index contributed by atoms with van der Waals surface area (Å²) in [6.45, 7) is 0.772. The second kappa shape index (κ2) is 7.52. The normalized spacial score (nSPS) is 10.9. The Hall–Kier alpha value is -4.06. The van der Waals surface area contributed by atoms with Crippen LogP contribution in [-0.2, 0) is 6.54 Å². The molecule has 5 aromatic rings. The molecule has 5 rings (SSSR count). The highest BCUT2D eigenvalue weighted by molar-refractivity contribution is 5.80. The molecule has 3 aromatic carbocycles. The van der Waals surface area contributed by atoms with Crippen molar-refractivity contribution in [3.8, 4) is 33.8 Å². The van der Waals surface area contributed by atoms with Gasteiger partial charge in [0.1, 0.15) is 0 Å². The van der Waals surface area contributed by atoms with E-state index in [0.717, 1.165) is 34.5 Å². The molecular weight excluding hydrogens is 360 g/mol. The average Bonchev–Trinajstić information content (AvgIpc) is 3.48. The Bertz CT molecular complexity index is 1210. The lowest BCUT2D eigenvalue weighted by atomic mass is 9.98. The average molecular weight is 378 g/mol. The fraction of sp³-hybridized carbons (Fsp3) is 0.0435. The monoisotopic (exact) mass is 378 g/mol. The lowest BCUT2D eigenvalue weighted by molar-refractivity contribution is 0.797. The molecule has 0 radical (unpaired) electrons. The van der Waals surface area contributed by atoms with Gasteiger partial charge < -0.3 is 4.57 Å². The molecule has 0 amide bonds. The zero-order valence-corrected chi connectivity index (χ0v) is 15.6. The first-order chi connectivity index (χ1) is 14.4. The number of hydrogen-bond acceptors (Lipinski definition) is 4. The second-order valence-electron chi connectivity index (χ2n) is 6.79. The highest BCUT2D eigenvalue weighted by atomic mass is 15.5. The Labute approximate surface area is 167 Å². The topological polar surface area (TPSA) is 72.3 Å². The summed E-state index contributed by atoms with van der Waals surface area (Å²) in [6, 6.07) is 26.9. The minimum absolute atomic E-state index is 0.663. The molecule has 140 valence electrons. The van der Waals surface area contributed by atoms with Crippen LogP contribution in [0.4, 0.5) is 0 Å². The summed E-state index contributed by atoms with van der Waals surface area (Å²) in [5, 5.41) is 14.3. The number of benzene rings is 3. The summed E-state index contributed by atoms with van der Waals surface area (Å²) in [4.78, 5) is 4.53. The lowest BCUT2D eigenvalue weighted by Gasteiger charge is -2.08. The minimum atomic E-state index is 0.663. The predicted molar refractivity (Wildman–Crippen MR) is 112 cm³/mol. The van der Waals surface area contributed by atoms with E-state index in [1.54, 1.807) is 0 Å². The van der Waals surface area contributed by atoms with Crippen molar-refractivity contribution in [1.82, 2.24) is 30.2 Å². The first-order valence-electron chi connectivity index (χ1n) is 9.36. The van der Waals surface area contributed by atoms with Crippen LogP contribution in [0, 0.1) is 0 Å². The zero-order chi connectivity index (χ0) is 19.5. The number of imidazole rings is 1. The summed E-state index contributed by atoms with van der Waals surface area (Å²) in [6.07, 6.45) is 3.96. The van der Waals surface area contributed by atoms with Crippen molar-refractivity contribution in [2.75, 3.05) is 0 Å². The van der Waals surface area contributed by atoms with Gasteiger partial charge in [-0.05, 0) is 27.1 Å². The molecule has 2 heterocycles. The third kappa shape index (κ3) is 3.55. The van der Waals surface area contributed by atoms with E-state index < -0.39 is 0 Å². The zero-order valence-electron chi connectivity index (χ0n) is 15.6. The molecule has 2 aromatic heterocycles. The number of nitrogens with zero attached hydrogens (tertiary/aromatic N) is 5. The van der Waals surface area contributed by atoms with Crippen LogP contribution in [0.15, 0.2) is 91.4 Å². The number of aromatic nitrogens is 6. The first-order valence-corrected chi connectivity index (χ1v) is 9.36. The molecule has 0 saturated carbocycles. The molecule has 0 unspecified atom stereocenters. The molecular formula is C23H18N6. The largest absolute Gasteiger partial charge is 0.332 e. The maximum atomic E-state index is 4.53. The summed E-state index contributed by atoms with van der Waals surface area (Å²) >= 11 is 0. The van der Waals surface area contributed by atoms with Gasteiger partial charge in [0.2, 0.25) is 0 Å². The standard InChI is InChI=1S/C23H18N6/c1-2-6-19(7-3-1)22-15-29(16-24-22)14-17-10-12-18(13-11-17)20-8-4-5-9-21(20)23-25-27-28-26-23/h1-13,15-16H,14H2,(H,25,26,27,28). The van der Waals surface area contributed by atoms with Gasteiger partial charge in [-0.15, -0.1) is 5.10 Å². The van der Waals surface area contributed by atoms with E-state index in [1.165, 1.54) is 5.56 Å². The van der Waals surface area contributed by atoms with Crippen molar-refractivity contribution in [2.45, 2.75) is 6.54 Å². The fourth-order valence-corrected chi connectivity index (χ4v) is 3.42. The van der Waals surface area contributed by atoms with E-state index in [-0.39, 0.29) is 0 Å². The number of tetrazole rings is 1. The molecule has 0 bridgehead atoms. The number of rotatable bonds is 5. The Kier molecular flexibility index (Phi) is 4.42. The lowest BCUT2D eigenvalue weighted by Crippen LogP contribution is -1.96. The van der Waals surface area contributed by atoms with Gasteiger partial charge in [-0.25, -0.2) is 10.1 Å². The Morgan fingerprint density at radius 1 is 0.759 bits per heavy atom. The highest BCUT2D eigenvalue weighted by Gasteiger charge is 2.10. The van der Waals surface area contributed by atoms with Crippen LogP contribution in [0.3, 0.4) is 0 Å². The SMILES string of the molecule is c1ccc(-c2cn(Cc3ccc(-c4ccccc4-c4nnn[nH]4)cc3)cn2)cc1. The Morgan fingerprint density at radius 2 is 1.52 bits per heavy atom. The molecule has 29 heavy (non-hydrogen) atoms. The van der Waals surface area contributed by atoms with Gasteiger partial charge in [0.25, 0.3) is 0 Å². The smallest absolute Gasteiger partial charge is 0.180 e. The molecule has 0 aliphatic rings. The van der Waals surface area contributed by atoms with Crippen LogP contribution in [0.1, 0.15) is 5.56 Å². The van der Waals surface area contributed by atoms with Gasteiger partial charge in [-0.1, -0.05) is 78.9 Å². The Morgan fingerprint density at radius 3 is 2.28 bits per heavy atom. The minimum Gasteiger partial charge on any atom is -0.332 e. The van der Waals surface area contributed by atoms with E-state index in [0.29, 0.717) is 5.82 Å². The molecule has 0 aliphatic heterocycles. The van der Waals surface area contributed by atoms with E-state index in [1.807, 2.05) is 42.7 Å². The maximum absolute atomic E-state index is 4.53. The second-order valence-corrected chi connectivity index (χ2v) is 6.79. The molecule has 6 heteroatoms. The van der Waals surface area contributed by atoms with Gasteiger partial charge in [0.15, 0.2) is 5.82 Å². The van der Waals surface area contributed by atoms with Crippen LogP contribution in [0.2, 0.25) is 0 Å². The van der Waals surface area contributed by atoms with Crippen LogP contribution < -0.4 is 0 Å². The van der Waals surface area contributed by atoms with Gasteiger partial charge in [-0.3, -0.25) is 0 Å². The van der Waals surface area contributed by atoms with Gasteiger partial charge >= 0.3 is 0 Å². The summed E-state index contributed by atoms with van der Waals surface area (Å²) in [5.41, 5.74) is 6.51. The predicted octanol–water partition coefficient (Wildman–Crippen LogP) is 4.45. The molecule has 0 saturated heterocycles. The van der Waals surface area contributed by atoms with Gasteiger partial charge in [0.05, 0.1) is 12.0 Å². The molecule has 0 atom stereocenters. The summed E-state index contributed by atoms with van der Waals surface area (Å²) in [7, 11) is 0. The first kappa shape index (κ1) is 17.1. The quantitative estimate of drug-likeness (QED) is 0.491. The van der Waals surface area contributed by atoms with Crippen LogP contribution >= 0.6 is 0 Å². The maximum Gasteiger partial charge on any atom is 0.180 e.